The number of thiazole rings is 1. The zero-order valence-electron chi connectivity index (χ0n) is 11.6. The fourth-order valence-electron chi connectivity index (χ4n) is 1.88. The number of rotatable bonds is 5. The highest BCUT2D eigenvalue weighted by Gasteiger charge is 2.27. The lowest BCUT2D eigenvalue weighted by atomic mass is 9.99. The first-order chi connectivity index (χ1) is 9.95. The number of carboxylic acids is 1. The van der Waals surface area contributed by atoms with Crippen molar-refractivity contribution in [1.82, 2.24) is 14.7 Å². The van der Waals surface area contributed by atoms with Gasteiger partial charge in [-0.3, -0.25) is 14.0 Å². The minimum absolute atomic E-state index is 0.166. The summed E-state index contributed by atoms with van der Waals surface area (Å²) in [7, 11) is 0. The van der Waals surface area contributed by atoms with E-state index in [1.807, 2.05) is 6.92 Å². The standard InChI is InChI=1S/C13H15N3O4S/c1-3-7(2)9(12(19)20)15-10(17)8-6-14-13-16(11(8)18)4-5-21-13/h4-7,9H,3H2,1-2H3,(H,15,17)(H,19,20)/t7?,9-/m0/s1. The lowest BCUT2D eigenvalue weighted by molar-refractivity contribution is -0.140. The van der Waals surface area contributed by atoms with Gasteiger partial charge in [-0.1, -0.05) is 20.3 Å². The molecule has 0 bridgehead atoms. The summed E-state index contributed by atoms with van der Waals surface area (Å²) in [6.07, 6.45) is 3.30. The molecule has 8 heteroatoms. The summed E-state index contributed by atoms with van der Waals surface area (Å²) in [6.45, 7) is 3.56. The quantitative estimate of drug-likeness (QED) is 0.857. The molecule has 2 N–H and O–H groups in total. The first-order valence-electron chi connectivity index (χ1n) is 6.44. The highest BCUT2D eigenvalue weighted by Crippen LogP contribution is 2.09. The molecule has 0 aliphatic rings. The van der Waals surface area contributed by atoms with Crippen LogP contribution >= 0.6 is 11.3 Å². The fourth-order valence-corrected chi connectivity index (χ4v) is 2.56. The summed E-state index contributed by atoms with van der Waals surface area (Å²) >= 11 is 1.28. The van der Waals surface area contributed by atoms with Crippen molar-refractivity contribution < 1.29 is 14.7 Å². The van der Waals surface area contributed by atoms with E-state index in [4.69, 9.17) is 5.11 Å². The number of carbonyl (C=O) groups excluding carboxylic acids is 1. The number of nitrogens with zero attached hydrogens (tertiary/aromatic N) is 2. The summed E-state index contributed by atoms with van der Waals surface area (Å²) in [5.41, 5.74) is -0.674. The van der Waals surface area contributed by atoms with Gasteiger partial charge < -0.3 is 10.4 Å². The first-order valence-corrected chi connectivity index (χ1v) is 7.32. The topological polar surface area (TPSA) is 101 Å². The number of hydrogen-bond acceptors (Lipinski definition) is 5. The molecule has 0 radical (unpaired) electrons. The molecule has 0 saturated heterocycles. The molecule has 0 aliphatic carbocycles. The third-order valence-electron chi connectivity index (χ3n) is 3.35. The van der Waals surface area contributed by atoms with Crippen LogP contribution in [0.3, 0.4) is 0 Å². The Bertz CT molecular complexity index is 736. The smallest absolute Gasteiger partial charge is 0.326 e. The zero-order chi connectivity index (χ0) is 15.6. The average Bonchev–Trinajstić information content (AvgIpc) is 2.93. The third-order valence-corrected chi connectivity index (χ3v) is 4.12. The van der Waals surface area contributed by atoms with E-state index >= 15 is 0 Å². The van der Waals surface area contributed by atoms with E-state index in [1.54, 1.807) is 12.3 Å². The van der Waals surface area contributed by atoms with Crippen molar-refractivity contribution in [2.24, 2.45) is 5.92 Å². The van der Waals surface area contributed by atoms with Gasteiger partial charge in [0.05, 0.1) is 0 Å². The fraction of sp³-hybridized carbons (Fsp3) is 0.385. The van der Waals surface area contributed by atoms with E-state index in [0.29, 0.717) is 11.4 Å². The van der Waals surface area contributed by atoms with Crippen molar-refractivity contribution in [3.05, 3.63) is 33.7 Å². The molecule has 0 saturated carbocycles. The van der Waals surface area contributed by atoms with Crippen LogP contribution < -0.4 is 10.9 Å². The summed E-state index contributed by atoms with van der Waals surface area (Å²) < 4.78 is 1.26. The predicted octanol–water partition coefficient (Wildman–Crippen LogP) is 0.985. The highest BCUT2D eigenvalue weighted by atomic mass is 32.1. The van der Waals surface area contributed by atoms with Gasteiger partial charge in [-0.15, -0.1) is 11.3 Å². The summed E-state index contributed by atoms with van der Waals surface area (Å²) in [5, 5.41) is 13.2. The number of hydrogen-bond donors (Lipinski definition) is 2. The maximum atomic E-state index is 12.1. The maximum absolute atomic E-state index is 12.1. The van der Waals surface area contributed by atoms with Crippen LogP contribution in [0, 0.1) is 5.92 Å². The van der Waals surface area contributed by atoms with Crippen LogP contribution in [0.2, 0.25) is 0 Å². The van der Waals surface area contributed by atoms with Crippen LogP contribution in [0.25, 0.3) is 4.96 Å². The number of carboxylic acid groups (broad SMARTS) is 1. The van der Waals surface area contributed by atoms with E-state index in [9.17, 15) is 14.4 Å². The van der Waals surface area contributed by atoms with Gasteiger partial charge in [0.25, 0.3) is 11.5 Å². The van der Waals surface area contributed by atoms with E-state index in [0.717, 1.165) is 0 Å². The summed E-state index contributed by atoms with van der Waals surface area (Å²) in [5.74, 6) is -2.09. The van der Waals surface area contributed by atoms with Crippen molar-refractivity contribution in [3.63, 3.8) is 0 Å². The second kappa shape index (κ2) is 6.04. The molecule has 1 amide bonds. The third kappa shape index (κ3) is 2.94. The maximum Gasteiger partial charge on any atom is 0.326 e. The number of amides is 1. The van der Waals surface area contributed by atoms with Crippen molar-refractivity contribution >= 4 is 28.2 Å². The van der Waals surface area contributed by atoms with Crippen LogP contribution in [0.5, 0.6) is 0 Å². The molecular weight excluding hydrogens is 294 g/mol. The number of nitrogens with one attached hydrogen (secondary N) is 1. The molecule has 1 unspecified atom stereocenters. The number of aromatic nitrogens is 2. The van der Waals surface area contributed by atoms with Crippen molar-refractivity contribution in [2.75, 3.05) is 0 Å². The molecule has 2 aromatic rings. The lowest BCUT2D eigenvalue weighted by Gasteiger charge is -2.19. The van der Waals surface area contributed by atoms with E-state index in [1.165, 1.54) is 28.1 Å². The molecule has 2 atom stereocenters. The Morgan fingerprint density at radius 1 is 1.52 bits per heavy atom. The first kappa shape index (κ1) is 15.2. The van der Waals surface area contributed by atoms with Crippen LogP contribution in [0.1, 0.15) is 30.6 Å². The SMILES string of the molecule is CCC(C)[C@H](NC(=O)c1cnc2sccn2c1=O)C(=O)O. The molecular formula is C13H15N3O4S. The minimum Gasteiger partial charge on any atom is -0.480 e. The molecule has 0 aromatic carbocycles. The van der Waals surface area contributed by atoms with Gasteiger partial charge in [0, 0.05) is 17.8 Å². The Balaban J connectivity index is 2.31. The Morgan fingerprint density at radius 2 is 2.24 bits per heavy atom. The Morgan fingerprint density at radius 3 is 2.86 bits per heavy atom. The van der Waals surface area contributed by atoms with Gasteiger partial charge in [0.2, 0.25) is 0 Å². The molecule has 0 spiro atoms. The number of aliphatic carboxylic acids is 1. The van der Waals surface area contributed by atoms with E-state index < -0.39 is 23.5 Å². The summed E-state index contributed by atoms with van der Waals surface area (Å²) in [4.78, 5) is 40.0. The predicted molar refractivity (Wildman–Crippen MR) is 77.7 cm³/mol. The van der Waals surface area contributed by atoms with Gasteiger partial charge >= 0.3 is 5.97 Å². The monoisotopic (exact) mass is 309 g/mol. The van der Waals surface area contributed by atoms with Crippen molar-refractivity contribution in [2.45, 2.75) is 26.3 Å². The van der Waals surface area contributed by atoms with Crippen LogP contribution in [-0.4, -0.2) is 32.4 Å². The zero-order valence-corrected chi connectivity index (χ0v) is 12.4. The highest BCUT2D eigenvalue weighted by molar-refractivity contribution is 7.15. The molecule has 0 aliphatic heterocycles. The Hall–Kier alpha value is -2.22. The van der Waals surface area contributed by atoms with Crippen molar-refractivity contribution in [1.29, 1.82) is 0 Å². The van der Waals surface area contributed by atoms with Crippen LogP contribution in [0.4, 0.5) is 0 Å². The van der Waals surface area contributed by atoms with Gasteiger partial charge in [0.1, 0.15) is 11.6 Å². The van der Waals surface area contributed by atoms with E-state index in [-0.39, 0.29) is 11.5 Å². The van der Waals surface area contributed by atoms with Gasteiger partial charge in [-0.05, 0) is 5.92 Å². The Kier molecular flexibility index (Phi) is 4.37. The minimum atomic E-state index is -1.12. The molecule has 2 rings (SSSR count). The van der Waals surface area contributed by atoms with Crippen LogP contribution in [-0.2, 0) is 4.79 Å². The molecule has 7 nitrogen and oxygen atoms in total. The second-order valence-corrected chi connectivity index (χ2v) is 5.58. The van der Waals surface area contributed by atoms with Gasteiger partial charge in [0.15, 0.2) is 4.96 Å². The molecule has 0 fully saturated rings. The number of carbonyl (C=O) groups is 2. The molecule has 2 heterocycles. The molecule has 112 valence electrons. The van der Waals surface area contributed by atoms with E-state index in [2.05, 4.69) is 10.3 Å². The largest absolute Gasteiger partial charge is 0.480 e. The average molecular weight is 309 g/mol. The normalized spacial score (nSPS) is 13.8. The lowest BCUT2D eigenvalue weighted by Crippen LogP contribution is -2.46. The Labute approximate surface area is 124 Å². The number of fused-ring (bicyclic) bond motifs is 1. The van der Waals surface area contributed by atoms with Gasteiger partial charge in [-0.2, -0.15) is 0 Å². The van der Waals surface area contributed by atoms with Gasteiger partial charge in [-0.25, -0.2) is 9.78 Å². The second-order valence-electron chi connectivity index (χ2n) is 4.71. The molecule has 2 aromatic heterocycles. The molecule has 21 heavy (non-hydrogen) atoms. The summed E-state index contributed by atoms with van der Waals surface area (Å²) in [6, 6.07) is -1.04. The van der Waals surface area contributed by atoms with Crippen molar-refractivity contribution in [3.8, 4) is 0 Å². The van der Waals surface area contributed by atoms with Crippen LogP contribution in [0.15, 0.2) is 22.6 Å².